The van der Waals surface area contributed by atoms with Gasteiger partial charge in [0.1, 0.15) is 4.90 Å². The van der Waals surface area contributed by atoms with E-state index in [0.29, 0.717) is 27.7 Å². The van der Waals surface area contributed by atoms with Gasteiger partial charge in [0.05, 0.1) is 3.79 Å². The number of nitrogens with two attached hydrogens (primary N) is 1. The van der Waals surface area contributed by atoms with E-state index in [9.17, 15) is 8.42 Å². The second kappa shape index (κ2) is 6.44. The summed E-state index contributed by atoms with van der Waals surface area (Å²) in [6.45, 7) is 5.20. The number of sulfonamides is 1. The van der Waals surface area contributed by atoms with Gasteiger partial charge < -0.3 is 5.73 Å². The highest BCUT2D eigenvalue weighted by molar-refractivity contribution is 9.11. The van der Waals surface area contributed by atoms with E-state index in [1.165, 1.54) is 11.3 Å². The maximum atomic E-state index is 12.8. The van der Waals surface area contributed by atoms with Gasteiger partial charge in [-0.1, -0.05) is 13.8 Å². The van der Waals surface area contributed by atoms with E-state index in [1.54, 1.807) is 10.4 Å². The van der Waals surface area contributed by atoms with Crippen molar-refractivity contribution in [2.75, 3.05) is 6.54 Å². The molecule has 0 aromatic carbocycles. The minimum Gasteiger partial charge on any atom is -0.326 e. The maximum Gasteiger partial charge on any atom is 0.245 e. The van der Waals surface area contributed by atoms with Gasteiger partial charge in [-0.15, -0.1) is 11.3 Å². The highest BCUT2D eigenvalue weighted by Crippen LogP contribution is 2.38. The van der Waals surface area contributed by atoms with Gasteiger partial charge in [0.15, 0.2) is 0 Å². The molecule has 1 aliphatic rings. The first-order valence-corrected chi connectivity index (χ1v) is 9.91. The monoisotopic (exact) mass is 380 g/mol. The Labute approximate surface area is 133 Å². The molecule has 1 aromatic rings. The second-order valence-electron chi connectivity index (χ2n) is 5.58. The normalized spacial score (nSPS) is 16.3. The summed E-state index contributed by atoms with van der Waals surface area (Å²) in [5.74, 6) is 0.497. The molecule has 7 heteroatoms. The van der Waals surface area contributed by atoms with Gasteiger partial charge in [-0.2, -0.15) is 4.31 Å². The number of hydrogen-bond donors (Lipinski definition) is 1. The zero-order valence-electron chi connectivity index (χ0n) is 11.8. The van der Waals surface area contributed by atoms with Gasteiger partial charge in [-0.05, 0) is 47.2 Å². The molecular weight excluding hydrogens is 360 g/mol. The number of rotatable bonds is 7. The van der Waals surface area contributed by atoms with Crippen LogP contribution in [-0.2, 0) is 16.6 Å². The van der Waals surface area contributed by atoms with Crippen LogP contribution in [0.2, 0.25) is 0 Å². The molecule has 0 atom stereocenters. The zero-order valence-corrected chi connectivity index (χ0v) is 15.0. The van der Waals surface area contributed by atoms with E-state index in [1.807, 2.05) is 0 Å². The molecule has 114 valence electrons. The Kier molecular flexibility index (Phi) is 5.29. The van der Waals surface area contributed by atoms with Crippen LogP contribution in [0.15, 0.2) is 14.7 Å². The van der Waals surface area contributed by atoms with Crippen molar-refractivity contribution in [2.45, 2.75) is 50.6 Å². The van der Waals surface area contributed by atoms with Gasteiger partial charge >= 0.3 is 0 Å². The summed E-state index contributed by atoms with van der Waals surface area (Å²) >= 11 is 4.77. The Bertz CT molecular complexity index is 565. The summed E-state index contributed by atoms with van der Waals surface area (Å²) in [5, 5.41) is 0. The number of hydrogen-bond acceptors (Lipinski definition) is 4. The Morgan fingerprint density at radius 2 is 2.15 bits per heavy atom. The molecule has 1 aliphatic carbocycles. The van der Waals surface area contributed by atoms with Crippen molar-refractivity contribution in [1.29, 1.82) is 0 Å². The summed E-state index contributed by atoms with van der Waals surface area (Å²) < 4.78 is 28.0. The van der Waals surface area contributed by atoms with Crippen molar-refractivity contribution >= 4 is 37.3 Å². The van der Waals surface area contributed by atoms with Gasteiger partial charge in [-0.25, -0.2) is 8.42 Å². The van der Waals surface area contributed by atoms with Crippen molar-refractivity contribution < 1.29 is 8.42 Å². The van der Waals surface area contributed by atoms with Crippen LogP contribution in [-0.4, -0.2) is 25.3 Å². The predicted molar refractivity (Wildman–Crippen MR) is 86.3 cm³/mol. The molecule has 0 spiro atoms. The summed E-state index contributed by atoms with van der Waals surface area (Å²) in [6.07, 6.45) is 2.84. The molecule has 0 saturated heterocycles. The fraction of sp³-hybridized carbons (Fsp3) is 0.692. The van der Waals surface area contributed by atoms with E-state index in [2.05, 4.69) is 29.8 Å². The molecule has 20 heavy (non-hydrogen) atoms. The Morgan fingerprint density at radius 3 is 2.60 bits per heavy atom. The lowest BCUT2D eigenvalue weighted by molar-refractivity contribution is 0.373. The molecule has 2 rings (SSSR count). The van der Waals surface area contributed by atoms with E-state index in [0.717, 1.165) is 24.1 Å². The van der Waals surface area contributed by atoms with Crippen LogP contribution in [0.1, 0.15) is 38.0 Å². The predicted octanol–water partition coefficient (Wildman–Crippen LogP) is 3.17. The van der Waals surface area contributed by atoms with E-state index < -0.39 is 10.0 Å². The van der Waals surface area contributed by atoms with Crippen molar-refractivity contribution in [3.8, 4) is 0 Å². The lowest BCUT2D eigenvalue weighted by atomic mass is 10.1. The van der Waals surface area contributed by atoms with Crippen molar-refractivity contribution in [3.05, 3.63) is 14.7 Å². The Morgan fingerprint density at radius 1 is 1.50 bits per heavy atom. The average molecular weight is 381 g/mol. The van der Waals surface area contributed by atoms with Crippen LogP contribution in [0.25, 0.3) is 0 Å². The minimum absolute atomic E-state index is 0.187. The summed E-state index contributed by atoms with van der Waals surface area (Å²) in [6, 6.07) is 1.89. The fourth-order valence-electron chi connectivity index (χ4n) is 2.05. The molecule has 1 fully saturated rings. The van der Waals surface area contributed by atoms with E-state index in [4.69, 9.17) is 5.73 Å². The number of halogens is 1. The maximum absolute atomic E-state index is 12.8. The first-order chi connectivity index (χ1) is 9.36. The SMILES string of the molecule is CC(C)CCN(C1CC1)S(=O)(=O)c1cc(CN)sc1Br. The smallest absolute Gasteiger partial charge is 0.245 e. The van der Waals surface area contributed by atoms with Crippen LogP contribution in [0.5, 0.6) is 0 Å². The topological polar surface area (TPSA) is 63.4 Å². The van der Waals surface area contributed by atoms with Gasteiger partial charge in [0, 0.05) is 24.0 Å². The molecule has 1 saturated carbocycles. The average Bonchev–Trinajstić information content (AvgIpc) is 3.10. The van der Waals surface area contributed by atoms with Gasteiger partial charge in [-0.3, -0.25) is 0 Å². The lowest BCUT2D eigenvalue weighted by Gasteiger charge is -2.22. The van der Waals surface area contributed by atoms with Crippen molar-refractivity contribution in [1.82, 2.24) is 4.31 Å². The summed E-state index contributed by atoms with van der Waals surface area (Å²) in [5.41, 5.74) is 5.60. The van der Waals surface area contributed by atoms with E-state index >= 15 is 0 Å². The largest absolute Gasteiger partial charge is 0.326 e. The molecule has 0 aliphatic heterocycles. The van der Waals surface area contributed by atoms with Gasteiger partial charge in [0.2, 0.25) is 10.0 Å². The molecule has 0 bridgehead atoms. The molecule has 0 unspecified atom stereocenters. The minimum atomic E-state index is -3.41. The number of nitrogens with zero attached hydrogens (tertiary/aromatic N) is 1. The third-order valence-corrected chi connectivity index (χ3v) is 7.60. The molecule has 0 amide bonds. The quantitative estimate of drug-likeness (QED) is 0.789. The Hall–Kier alpha value is 0.0500. The highest BCUT2D eigenvalue weighted by Gasteiger charge is 2.39. The first-order valence-electron chi connectivity index (χ1n) is 6.86. The van der Waals surface area contributed by atoms with Crippen LogP contribution in [0.3, 0.4) is 0 Å². The first kappa shape index (κ1) is 16.4. The van der Waals surface area contributed by atoms with Crippen LogP contribution in [0, 0.1) is 5.92 Å². The van der Waals surface area contributed by atoms with Crippen molar-refractivity contribution in [3.63, 3.8) is 0 Å². The fourth-order valence-corrected chi connectivity index (χ4v) is 6.26. The van der Waals surface area contributed by atoms with Crippen LogP contribution >= 0.6 is 27.3 Å². The van der Waals surface area contributed by atoms with E-state index in [-0.39, 0.29) is 6.04 Å². The van der Waals surface area contributed by atoms with Gasteiger partial charge in [0.25, 0.3) is 0 Å². The highest BCUT2D eigenvalue weighted by atomic mass is 79.9. The molecule has 0 radical (unpaired) electrons. The second-order valence-corrected chi connectivity index (χ2v) is 9.90. The molecule has 2 N–H and O–H groups in total. The molecule has 4 nitrogen and oxygen atoms in total. The molecule has 1 aromatic heterocycles. The third-order valence-electron chi connectivity index (χ3n) is 3.38. The third kappa shape index (κ3) is 3.62. The lowest BCUT2D eigenvalue weighted by Crippen LogP contribution is -2.34. The zero-order chi connectivity index (χ0) is 14.9. The Balaban J connectivity index is 2.27. The molecule has 1 heterocycles. The summed E-state index contributed by atoms with van der Waals surface area (Å²) in [4.78, 5) is 1.26. The number of thiophene rings is 1. The molecular formula is C13H21BrN2O2S2. The van der Waals surface area contributed by atoms with Crippen LogP contribution in [0.4, 0.5) is 0 Å². The standard InChI is InChI=1S/C13H21BrN2O2S2/c1-9(2)5-6-16(10-3-4-10)20(17,18)12-7-11(8-15)19-13(12)14/h7,9-10H,3-6,8,15H2,1-2H3. The van der Waals surface area contributed by atoms with Crippen LogP contribution < -0.4 is 5.73 Å². The summed E-state index contributed by atoms with van der Waals surface area (Å²) in [7, 11) is -3.41. The van der Waals surface area contributed by atoms with Crippen molar-refractivity contribution in [2.24, 2.45) is 11.7 Å².